The standard InChI is InChI=1S/C15H16FNO2S/c1-8(2)6-12-13(15(18)19)20-14(17-12)10-4-5-11(16)9(3)7-10/h4-5,7-8H,6H2,1-3H3,(H,18,19). The van der Waals surface area contributed by atoms with Crippen molar-refractivity contribution in [1.82, 2.24) is 4.98 Å². The molecule has 0 bridgehead atoms. The summed E-state index contributed by atoms with van der Waals surface area (Å²) in [6.07, 6.45) is 0.623. The Labute approximate surface area is 121 Å². The number of rotatable bonds is 4. The summed E-state index contributed by atoms with van der Waals surface area (Å²) in [6.45, 7) is 5.72. The van der Waals surface area contributed by atoms with Crippen LogP contribution in [0.3, 0.4) is 0 Å². The minimum atomic E-state index is -0.955. The van der Waals surface area contributed by atoms with Crippen LogP contribution in [0.25, 0.3) is 10.6 Å². The fraction of sp³-hybridized carbons (Fsp3) is 0.333. The van der Waals surface area contributed by atoms with Crippen LogP contribution in [0.5, 0.6) is 0 Å². The molecule has 0 atom stereocenters. The number of aromatic carboxylic acids is 1. The highest BCUT2D eigenvalue weighted by Gasteiger charge is 2.19. The van der Waals surface area contributed by atoms with Crippen molar-refractivity contribution in [3.63, 3.8) is 0 Å². The lowest BCUT2D eigenvalue weighted by atomic mass is 10.1. The van der Waals surface area contributed by atoms with Gasteiger partial charge >= 0.3 is 5.97 Å². The Morgan fingerprint density at radius 2 is 2.15 bits per heavy atom. The summed E-state index contributed by atoms with van der Waals surface area (Å²) >= 11 is 1.14. The molecule has 1 aromatic heterocycles. The summed E-state index contributed by atoms with van der Waals surface area (Å²) in [5.74, 6) is -0.896. The monoisotopic (exact) mass is 293 g/mol. The van der Waals surface area contributed by atoms with E-state index in [2.05, 4.69) is 4.98 Å². The minimum absolute atomic E-state index is 0.272. The topological polar surface area (TPSA) is 50.2 Å². The van der Waals surface area contributed by atoms with Gasteiger partial charge < -0.3 is 5.11 Å². The molecule has 2 aromatic rings. The number of carboxylic acid groups (broad SMARTS) is 1. The molecule has 1 N–H and O–H groups in total. The van der Waals surface area contributed by atoms with Gasteiger partial charge in [0, 0.05) is 5.56 Å². The highest BCUT2D eigenvalue weighted by molar-refractivity contribution is 7.17. The van der Waals surface area contributed by atoms with Gasteiger partial charge in [-0.2, -0.15) is 0 Å². The second-order valence-corrected chi connectivity index (χ2v) is 6.16. The van der Waals surface area contributed by atoms with E-state index < -0.39 is 5.97 Å². The molecule has 0 aliphatic carbocycles. The molecular formula is C15H16FNO2S. The number of aromatic nitrogens is 1. The molecule has 0 spiro atoms. The third-order valence-corrected chi connectivity index (χ3v) is 4.03. The SMILES string of the molecule is Cc1cc(-c2nc(CC(C)C)c(C(=O)O)s2)ccc1F. The number of hydrogen-bond donors (Lipinski definition) is 1. The Hall–Kier alpha value is -1.75. The number of aryl methyl sites for hydroxylation is 1. The zero-order valence-corrected chi connectivity index (χ0v) is 12.4. The van der Waals surface area contributed by atoms with Gasteiger partial charge in [0.05, 0.1) is 5.69 Å². The first-order chi connectivity index (χ1) is 9.38. The molecule has 0 saturated carbocycles. The van der Waals surface area contributed by atoms with Crippen LogP contribution in [0.2, 0.25) is 0 Å². The van der Waals surface area contributed by atoms with Gasteiger partial charge in [0.15, 0.2) is 0 Å². The van der Waals surface area contributed by atoms with Gasteiger partial charge in [0.2, 0.25) is 0 Å². The Morgan fingerprint density at radius 3 is 2.70 bits per heavy atom. The van der Waals surface area contributed by atoms with Gasteiger partial charge in [0.25, 0.3) is 0 Å². The van der Waals surface area contributed by atoms with E-state index in [-0.39, 0.29) is 10.7 Å². The van der Waals surface area contributed by atoms with Crippen molar-refractivity contribution in [2.75, 3.05) is 0 Å². The van der Waals surface area contributed by atoms with E-state index in [4.69, 9.17) is 0 Å². The van der Waals surface area contributed by atoms with Crippen LogP contribution in [0.1, 0.15) is 34.8 Å². The van der Waals surface area contributed by atoms with Gasteiger partial charge in [-0.05, 0) is 43.0 Å². The lowest BCUT2D eigenvalue weighted by Gasteiger charge is -2.02. The van der Waals surface area contributed by atoms with Gasteiger partial charge in [0.1, 0.15) is 15.7 Å². The first-order valence-corrected chi connectivity index (χ1v) is 7.19. The molecule has 5 heteroatoms. The van der Waals surface area contributed by atoms with Crippen LogP contribution < -0.4 is 0 Å². The van der Waals surface area contributed by atoms with Gasteiger partial charge in [-0.3, -0.25) is 0 Å². The van der Waals surface area contributed by atoms with Crippen LogP contribution in [0.4, 0.5) is 4.39 Å². The molecule has 0 saturated heterocycles. The van der Waals surface area contributed by atoms with E-state index in [0.29, 0.717) is 28.6 Å². The molecule has 1 aromatic carbocycles. The van der Waals surface area contributed by atoms with Gasteiger partial charge in [-0.1, -0.05) is 13.8 Å². The Balaban J connectivity index is 2.46. The van der Waals surface area contributed by atoms with Crippen molar-refractivity contribution >= 4 is 17.3 Å². The normalized spacial score (nSPS) is 11.1. The largest absolute Gasteiger partial charge is 0.477 e. The van der Waals surface area contributed by atoms with Crippen molar-refractivity contribution in [3.05, 3.63) is 40.2 Å². The first kappa shape index (κ1) is 14.7. The summed E-state index contributed by atoms with van der Waals surface area (Å²) in [5, 5.41) is 9.87. The lowest BCUT2D eigenvalue weighted by molar-refractivity contribution is 0.0700. The third-order valence-electron chi connectivity index (χ3n) is 2.90. The summed E-state index contributed by atoms with van der Waals surface area (Å²) in [6, 6.07) is 4.71. The molecule has 3 nitrogen and oxygen atoms in total. The molecule has 20 heavy (non-hydrogen) atoms. The minimum Gasteiger partial charge on any atom is -0.477 e. The molecule has 0 aliphatic rings. The van der Waals surface area contributed by atoms with E-state index in [0.717, 1.165) is 16.9 Å². The highest BCUT2D eigenvalue weighted by atomic mass is 32.1. The third kappa shape index (κ3) is 3.04. The van der Waals surface area contributed by atoms with Crippen LogP contribution in [0, 0.1) is 18.7 Å². The smallest absolute Gasteiger partial charge is 0.347 e. The first-order valence-electron chi connectivity index (χ1n) is 6.38. The van der Waals surface area contributed by atoms with E-state index in [1.165, 1.54) is 6.07 Å². The van der Waals surface area contributed by atoms with E-state index in [9.17, 15) is 14.3 Å². The molecule has 0 fully saturated rings. The second-order valence-electron chi connectivity index (χ2n) is 5.16. The highest BCUT2D eigenvalue weighted by Crippen LogP contribution is 2.30. The van der Waals surface area contributed by atoms with Crippen molar-refractivity contribution < 1.29 is 14.3 Å². The Morgan fingerprint density at radius 1 is 1.45 bits per heavy atom. The fourth-order valence-electron chi connectivity index (χ4n) is 1.95. The van der Waals surface area contributed by atoms with Crippen molar-refractivity contribution in [2.24, 2.45) is 5.92 Å². The summed E-state index contributed by atoms with van der Waals surface area (Å²) < 4.78 is 13.3. The molecule has 0 radical (unpaired) electrons. The molecule has 0 aliphatic heterocycles. The quantitative estimate of drug-likeness (QED) is 0.921. The molecule has 1 heterocycles. The number of carbonyl (C=O) groups is 1. The number of thiazole rings is 1. The zero-order valence-electron chi connectivity index (χ0n) is 11.6. The number of hydrogen-bond acceptors (Lipinski definition) is 3. The predicted octanol–water partition coefficient (Wildman–Crippen LogP) is 4.15. The zero-order chi connectivity index (χ0) is 14.9. The van der Waals surface area contributed by atoms with Gasteiger partial charge in [-0.15, -0.1) is 11.3 Å². The number of halogens is 1. The number of benzene rings is 1. The fourth-order valence-corrected chi connectivity index (χ4v) is 2.87. The molecule has 0 unspecified atom stereocenters. The van der Waals surface area contributed by atoms with Crippen molar-refractivity contribution in [2.45, 2.75) is 27.2 Å². The molecular weight excluding hydrogens is 277 g/mol. The number of carboxylic acids is 1. The maximum absolute atomic E-state index is 13.3. The van der Waals surface area contributed by atoms with Crippen LogP contribution in [-0.4, -0.2) is 16.1 Å². The molecule has 0 amide bonds. The average Bonchev–Trinajstić information content (AvgIpc) is 2.76. The van der Waals surface area contributed by atoms with Crippen molar-refractivity contribution in [3.8, 4) is 10.6 Å². The van der Waals surface area contributed by atoms with Crippen LogP contribution in [0.15, 0.2) is 18.2 Å². The number of nitrogens with zero attached hydrogens (tertiary/aromatic N) is 1. The lowest BCUT2D eigenvalue weighted by Crippen LogP contribution is -2.02. The van der Waals surface area contributed by atoms with Crippen molar-refractivity contribution in [1.29, 1.82) is 0 Å². The summed E-state index contributed by atoms with van der Waals surface area (Å²) in [5.41, 5.74) is 1.89. The maximum atomic E-state index is 13.3. The predicted molar refractivity (Wildman–Crippen MR) is 77.7 cm³/mol. The Kier molecular flexibility index (Phi) is 4.18. The van der Waals surface area contributed by atoms with Crippen LogP contribution in [-0.2, 0) is 6.42 Å². The Bertz CT molecular complexity index is 649. The van der Waals surface area contributed by atoms with E-state index >= 15 is 0 Å². The van der Waals surface area contributed by atoms with Gasteiger partial charge in [-0.25, -0.2) is 14.2 Å². The van der Waals surface area contributed by atoms with E-state index in [1.54, 1.807) is 19.1 Å². The summed E-state index contributed by atoms with van der Waals surface area (Å²) in [7, 11) is 0. The molecule has 106 valence electrons. The summed E-state index contributed by atoms with van der Waals surface area (Å²) in [4.78, 5) is 16.0. The van der Waals surface area contributed by atoms with E-state index in [1.807, 2.05) is 13.8 Å². The molecule has 2 rings (SSSR count). The second kappa shape index (κ2) is 5.71. The average molecular weight is 293 g/mol. The maximum Gasteiger partial charge on any atom is 0.347 e. The van der Waals surface area contributed by atoms with Crippen LogP contribution >= 0.6 is 11.3 Å².